The third-order valence-corrected chi connectivity index (χ3v) is 5.38. The molecule has 1 aliphatic heterocycles. The molecule has 1 aliphatic rings. The molecule has 9 heteroatoms. The molecule has 0 saturated carbocycles. The zero-order valence-electron chi connectivity index (χ0n) is 16.0. The molecule has 2 aromatic carbocycles. The van der Waals surface area contributed by atoms with Crippen LogP contribution >= 0.6 is 11.6 Å². The molecule has 0 amide bonds. The summed E-state index contributed by atoms with van der Waals surface area (Å²) < 4.78 is 54.2. The van der Waals surface area contributed by atoms with Gasteiger partial charge in [-0.2, -0.15) is 8.78 Å². The van der Waals surface area contributed by atoms with E-state index in [2.05, 4.69) is 0 Å². The standard InChI is InChI=1S/C21H22ClF3O5/c1-2-29-13-6-4-12(5-7-13)21(24,25)14-9-11(3-8-15(14)22)20-19(28)18(27)17(26)16(10-23)30-20/h3-9,16-20,26-28H,2,10H2,1H3/t16-,17-,18+,19-,20+/m1/s1. The summed E-state index contributed by atoms with van der Waals surface area (Å²) in [6.45, 7) is 1.05. The smallest absolute Gasteiger partial charge is 0.299 e. The van der Waals surface area contributed by atoms with Gasteiger partial charge in [-0.3, -0.25) is 0 Å². The summed E-state index contributed by atoms with van der Waals surface area (Å²) >= 11 is 6.04. The second kappa shape index (κ2) is 9.11. The molecule has 0 bridgehead atoms. The number of ether oxygens (including phenoxy) is 2. The molecule has 0 aliphatic carbocycles. The lowest BCUT2D eigenvalue weighted by Crippen LogP contribution is -2.54. The van der Waals surface area contributed by atoms with Gasteiger partial charge in [-0.25, -0.2) is 4.39 Å². The van der Waals surface area contributed by atoms with Crippen LogP contribution in [0.3, 0.4) is 0 Å². The molecular formula is C21H22ClF3O5. The van der Waals surface area contributed by atoms with Gasteiger partial charge < -0.3 is 24.8 Å². The van der Waals surface area contributed by atoms with Gasteiger partial charge in [-0.05, 0) is 48.9 Å². The average molecular weight is 447 g/mol. The van der Waals surface area contributed by atoms with Gasteiger partial charge in [0.05, 0.1) is 11.6 Å². The van der Waals surface area contributed by atoms with Crippen LogP contribution in [0.5, 0.6) is 5.75 Å². The maximum atomic E-state index is 15.2. The molecule has 0 radical (unpaired) electrons. The summed E-state index contributed by atoms with van der Waals surface area (Å²) in [5.41, 5.74) is -0.803. The van der Waals surface area contributed by atoms with E-state index < -0.39 is 48.7 Å². The van der Waals surface area contributed by atoms with E-state index in [-0.39, 0.29) is 16.1 Å². The number of aliphatic hydroxyl groups excluding tert-OH is 3. The summed E-state index contributed by atoms with van der Waals surface area (Å²) in [4.78, 5) is 0. The van der Waals surface area contributed by atoms with Crippen LogP contribution in [0.1, 0.15) is 29.7 Å². The van der Waals surface area contributed by atoms with Crippen LogP contribution in [-0.2, 0) is 10.7 Å². The summed E-state index contributed by atoms with van der Waals surface area (Å²) in [5, 5.41) is 29.8. The first-order valence-corrected chi connectivity index (χ1v) is 9.75. The van der Waals surface area contributed by atoms with Crippen molar-refractivity contribution in [3.63, 3.8) is 0 Å². The van der Waals surface area contributed by atoms with Crippen molar-refractivity contribution in [2.75, 3.05) is 13.3 Å². The predicted octanol–water partition coefficient (Wildman–Crippen LogP) is 3.37. The molecule has 3 N–H and O–H groups in total. The molecule has 1 fully saturated rings. The van der Waals surface area contributed by atoms with Crippen molar-refractivity contribution in [3.8, 4) is 5.75 Å². The highest BCUT2D eigenvalue weighted by Crippen LogP contribution is 2.42. The number of hydrogen-bond donors (Lipinski definition) is 3. The first kappa shape index (κ1) is 22.8. The average Bonchev–Trinajstić information content (AvgIpc) is 2.73. The Morgan fingerprint density at radius 1 is 1.03 bits per heavy atom. The molecule has 5 nitrogen and oxygen atoms in total. The van der Waals surface area contributed by atoms with E-state index in [1.54, 1.807) is 6.92 Å². The molecule has 5 atom stereocenters. The van der Waals surface area contributed by atoms with E-state index in [1.165, 1.54) is 36.4 Å². The zero-order valence-corrected chi connectivity index (χ0v) is 16.8. The Bertz CT molecular complexity index is 862. The molecule has 0 unspecified atom stereocenters. The van der Waals surface area contributed by atoms with Gasteiger partial charge in [-0.15, -0.1) is 0 Å². The van der Waals surface area contributed by atoms with Gasteiger partial charge in [0.15, 0.2) is 0 Å². The second-order valence-electron chi connectivity index (χ2n) is 6.99. The van der Waals surface area contributed by atoms with E-state index in [4.69, 9.17) is 21.1 Å². The summed E-state index contributed by atoms with van der Waals surface area (Å²) in [6.07, 6.45) is -7.71. The van der Waals surface area contributed by atoms with Crippen LogP contribution in [0.25, 0.3) is 0 Å². The minimum absolute atomic E-state index is 0.0666. The Labute approximate surface area is 176 Å². The molecule has 3 rings (SSSR count). The van der Waals surface area contributed by atoms with Crippen molar-refractivity contribution < 1.29 is 38.0 Å². The van der Waals surface area contributed by atoms with Crippen LogP contribution in [0.2, 0.25) is 5.02 Å². The molecule has 1 heterocycles. The van der Waals surface area contributed by atoms with E-state index in [1.807, 2.05) is 0 Å². The predicted molar refractivity (Wildman–Crippen MR) is 104 cm³/mol. The van der Waals surface area contributed by atoms with E-state index >= 15 is 8.78 Å². The number of benzene rings is 2. The monoisotopic (exact) mass is 446 g/mol. The minimum Gasteiger partial charge on any atom is -0.494 e. The minimum atomic E-state index is -3.49. The van der Waals surface area contributed by atoms with E-state index in [0.29, 0.717) is 12.4 Å². The summed E-state index contributed by atoms with van der Waals surface area (Å²) in [5.74, 6) is -3.05. The van der Waals surface area contributed by atoms with Crippen molar-refractivity contribution in [2.45, 2.75) is 43.4 Å². The number of halogens is 4. The second-order valence-corrected chi connectivity index (χ2v) is 7.40. The molecule has 1 saturated heterocycles. The Kier molecular flexibility index (Phi) is 6.94. The Balaban J connectivity index is 1.96. The van der Waals surface area contributed by atoms with Gasteiger partial charge in [-0.1, -0.05) is 17.7 Å². The van der Waals surface area contributed by atoms with Gasteiger partial charge >= 0.3 is 0 Å². The van der Waals surface area contributed by atoms with E-state index in [9.17, 15) is 19.7 Å². The van der Waals surface area contributed by atoms with Crippen LogP contribution in [0.15, 0.2) is 42.5 Å². The van der Waals surface area contributed by atoms with Crippen molar-refractivity contribution >= 4 is 11.6 Å². The Morgan fingerprint density at radius 2 is 1.70 bits per heavy atom. The Hall–Kier alpha value is -1.84. The lowest BCUT2D eigenvalue weighted by molar-refractivity contribution is -0.227. The topological polar surface area (TPSA) is 79.2 Å². The quantitative estimate of drug-likeness (QED) is 0.634. The maximum absolute atomic E-state index is 15.2. The molecule has 164 valence electrons. The fraction of sp³-hybridized carbons (Fsp3) is 0.429. The highest BCUT2D eigenvalue weighted by Gasteiger charge is 2.45. The molecule has 2 aromatic rings. The zero-order chi connectivity index (χ0) is 22.1. The molecular weight excluding hydrogens is 425 g/mol. The molecule has 0 spiro atoms. The fourth-order valence-corrected chi connectivity index (χ4v) is 3.63. The molecule has 30 heavy (non-hydrogen) atoms. The largest absolute Gasteiger partial charge is 0.494 e. The van der Waals surface area contributed by atoms with Crippen molar-refractivity contribution in [1.82, 2.24) is 0 Å². The molecule has 0 aromatic heterocycles. The fourth-order valence-electron chi connectivity index (χ4n) is 3.40. The third kappa shape index (κ3) is 4.29. The van der Waals surface area contributed by atoms with Gasteiger partial charge in [0, 0.05) is 11.1 Å². The van der Waals surface area contributed by atoms with Crippen molar-refractivity contribution in [1.29, 1.82) is 0 Å². The number of hydrogen-bond acceptors (Lipinski definition) is 5. The van der Waals surface area contributed by atoms with Gasteiger partial charge in [0.25, 0.3) is 5.92 Å². The van der Waals surface area contributed by atoms with Gasteiger partial charge in [0.2, 0.25) is 0 Å². The normalized spacial score (nSPS) is 27.1. The third-order valence-electron chi connectivity index (χ3n) is 5.05. The summed E-state index contributed by atoms with van der Waals surface area (Å²) in [6, 6.07) is 8.88. The lowest BCUT2D eigenvalue weighted by Gasteiger charge is -2.40. The van der Waals surface area contributed by atoms with Crippen molar-refractivity contribution in [3.05, 3.63) is 64.2 Å². The highest BCUT2D eigenvalue weighted by atomic mass is 35.5. The van der Waals surface area contributed by atoms with Crippen LogP contribution in [0, 0.1) is 0 Å². The number of rotatable bonds is 6. The first-order chi connectivity index (χ1) is 14.2. The lowest BCUT2D eigenvalue weighted by atomic mass is 9.89. The highest BCUT2D eigenvalue weighted by molar-refractivity contribution is 6.31. The van der Waals surface area contributed by atoms with Crippen LogP contribution in [-0.4, -0.2) is 53.0 Å². The van der Waals surface area contributed by atoms with Crippen LogP contribution in [0.4, 0.5) is 13.2 Å². The number of aliphatic hydroxyl groups is 3. The van der Waals surface area contributed by atoms with Crippen molar-refractivity contribution in [2.24, 2.45) is 0 Å². The first-order valence-electron chi connectivity index (χ1n) is 9.37. The summed E-state index contributed by atoms with van der Waals surface area (Å²) in [7, 11) is 0. The van der Waals surface area contributed by atoms with E-state index in [0.717, 1.165) is 6.07 Å². The maximum Gasteiger partial charge on any atom is 0.299 e. The number of alkyl halides is 3. The Morgan fingerprint density at radius 3 is 2.30 bits per heavy atom. The SMILES string of the molecule is CCOc1ccc(C(F)(F)c2cc([C@@H]3O[C@H](CF)[C@@H](O)[C@H](O)[C@H]3O)ccc2Cl)cc1. The van der Waals surface area contributed by atoms with Gasteiger partial charge in [0.1, 0.15) is 42.9 Å². The van der Waals surface area contributed by atoms with Crippen LogP contribution < -0.4 is 4.74 Å².